The van der Waals surface area contributed by atoms with E-state index in [4.69, 9.17) is 10.5 Å². The summed E-state index contributed by atoms with van der Waals surface area (Å²) in [5.74, 6) is 2.12. The van der Waals surface area contributed by atoms with E-state index in [2.05, 4.69) is 56.8 Å². The lowest BCUT2D eigenvalue weighted by molar-refractivity contribution is 0.297. The van der Waals surface area contributed by atoms with E-state index in [-0.39, 0.29) is 11.5 Å². The second-order valence-corrected chi connectivity index (χ2v) is 6.38. The first kappa shape index (κ1) is 16.5. The molecule has 0 aromatic carbocycles. The molecule has 0 spiro atoms. The molecule has 0 aliphatic rings. The van der Waals surface area contributed by atoms with Gasteiger partial charge in [0.1, 0.15) is 11.5 Å². The van der Waals surface area contributed by atoms with E-state index in [1.165, 1.54) is 0 Å². The lowest BCUT2D eigenvalue weighted by Gasteiger charge is -2.23. The Balaban J connectivity index is 3.08. The third-order valence-electron chi connectivity index (χ3n) is 2.67. The van der Waals surface area contributed by atoms with Crippen LogP contribution in [-0.4, -0.2) is 22.1 Å². The van der Waals surface area contributed by atoms with Crippen molar-refractivity contribution in [3.8, 4) is 5.88 Å². The Kier molecular flexibility index (Phi) is 5.60. The number of nitrogens with one attached hydrogen (secondary N) is 1. The van der Waals surface area contributed by atoms with E-state index in [1.807, 2.05) is 0 Å². The van der Waals surface area contributed by atoms with Gasteiger partial charge in [0, 0.05) is 11.5 Å². The molecule has 3 N–H and O–H groups in total. The van der Waals surface area contributed by atoms with Crippen LogP contribution in [0, 0.1) is 0 Å². The highest BCUT2D eigenvalue weighted by molar-refractivity contribution is 5.67. The number of ether oxygens (including phenoxy) is 1. The molecule has 20 heavy (non-hydrogen) atoms. The van der Waals surface area contributed by atoms with Gasteiger partial charge in [0.25, 0.3) is 0 Å². The van der Waals surface area contributed by atoms with Crippen LogP contribution < -0.4 is 15.8 Å². The molecule has 0 bridgehead atoms. The summed E-state index contributed by atoms with van der Waals surface area (Å²) in [5.41, 5.74) is 6.50. The zero-order chi connectivity index (χ0) is 15.3. The van der Waals surface area contributed by atoms with Crippen molar-refractivity contribution in [1.29, 1.82) is 0 Å². The molecule has 114 valence electrons. The standard InChI is InChI=1S/C15H28N4O/c1-7-8-9-20-14-11(16)13(19-15(4,5)6)17-12(18-14)10(2)3/h10H,7-9,16H2,1-6H3,(H,17,18,19). The fourth-order valence-corrected chi connectivity index (χ4v) is 1.60. The van der Waals surface area contributed by atoms with E-state index in [0.717, 1.165) is 18.7 Å². The second-order valence-electron chi connectivity index (χ2n) is 6.38. The highest BCUT2D eigenvalue weighted by Gasteiger charge is 2.19. The normalized spacial score (nSPS) is 11.8. The third-order valence-corrected chi connectivity index (χ3v) is 2.67. The fraction of sp³-hybridized carbons (Fsp3) is 0.733. The Labute approximate surface area is 122 Å². The van der Waals surface area contributed by atoms with Gasteiger partial charge < -0.3 is 15.8 Å². The molecule has 0 amide bonds. The summed E-state index contributed by atoms with van der Waals surface area (Å²) in [6.45, 7) is 13.1. The molecule has 0 aliphatic carbocycles. The van der Waals surface area contributed by atoms with Crippen LogP contribution in [0.2, 0.25) is 0 Å². The van der Waals surface area contributed by atoms with Gasteiger partial charge in [-0.1, -0.05) is 27.2 Å². The first-order chi connectivity index (χ1) is 9.24. The smallest absolute Gasteiger partial charge is 0.242 e. The van der Waals surface area contributed by atoms with E-state index < -0.39 is 0 Å². The maximum Gasteiger partial charge on any atom is 0.242 e. The predicted octanol–water partition coefficient (Wildman–Crippen LogP) is 3.57. The number of anilines is 2. The molecule has 1 heterocycles. The zero-order valence-corrected chi connectivity index (χ0v) is 13.6. The predicted molar refractivity (Wildman–Crippen MR) is 84.3 cm³/mol. The topological polar surface area (TPSA) is 73.1 Å². The second kappa shape index (κ2) is 6.77. The van der Waals surface area contributed by atoms with Crippen molar-refractivity contribution in [2.75, 3.05) is 17.7 Å². The van der Waals surface area contributed by atoms with Crippen molar-refractivity contribution >= 4 is 11.5 Å². The average Bonchev–Trinajstić information content (AvgIpc) is 2.31. The maximum absolute atomic E-state index is 6.13. The molecular formula is C15H28N4O. The molecule has 0 fully saturated rings. The van der Waals surface area contributed by atoms with Crippen molar-refractivity contribution in [2.24, 2.45) is 0 Å². The molecule has 0 saturated heterocycles. The van der Waals surface area contributed by atoms with Crippen molar-refractivity contribution < 1.29 is 4.74 Å². The Bertz CT molecular complexity index is 438. The van der Waals surface area contributed by atoms with Crippen LogP contribution in [0.15, 0.2) is 0 Å². The van der Waals surface area contributed by atoms with E-state index >= 15 is 0 Å². The van der Waals surface area contributed by atoms with Crippen molar-refractivity contribution in [3.63, 3.8) is 0 Å². The molecule has 0 unspecified atom stereocenters. The molecule has 0 aliphatic heterocycles. The lowest BCUT2D eigenvalue weighted by Crippen LogP contribution is -2.28. The Morgan fingerprint density at radius 2 is 1.90 bits per heavy atom. The highest BCUT2D eigenvalue weighted by atomic mass is 16.5. The van der Waals surface area contributed by atoms with Crippen LogP contribution in [0.3, 0.4) is 0 Å². The molecule has 5 nitrogen and oxygen atoms in total. The van der Waals surface area contributed by atoms with Crippen LogP contribution in [0.4, 0.5) is 11.5 Å². The van der Waals surface area contributed by atoms with Gasteiger partial charge in [0.15, 0.2) is 5.82 Å². The van der Waals surface area contributed by atoms with Crippen molar-refractivity contribution in [1.82, 2.24) is 9.97 Å². The quantitative estimate of drug-likeness (QED) is 0.779. The summed E-state index contributed by atoms with van der Waals surface area (Å²) in [5, 5.41) is 3.32. The Morgan fingerprint density at radius 1 is 1.25 bits per heavy atom. The number of nitrogens with zero attached hydrogens (tertiary/aromatic N) is 2. The lowest BCUT2D eigenvalue weighted by atomic mass is 10.1. The Morgan fingerprint density at radius 3 is 2.40 bits per heavy atom. The molecule has 0 radical (unpaired) electrons. The van der Waals surface area contributed by atoms with Gasteiger partial charge in [0.05, 0.1) is 6.61 Å². The number of unbranched alkanes of at least 4 members (excludes halogenated alkanes) is 1. The molecule has 5 heteroatoms. The van der Waals surface area contributed by atoms with Crippen LogP contribution in [0.1, 0.15) is 66.1 Å². The first-order valence-electron chi connectivity index (χ1n) is 7.33. The van der Waals surface area contributed by atoms with E-state index in [9.17, 15) is 0 Å². The van der Waals surface area contributed by atoms with Crippen LogP contribution in [-0.2, 0) is 0 Å². The fourth-order valence-electron chi connectivity index (χ4n) is 1.60. The van der Waals surface area contributed by atoms with Gasteiger partial charge >= 0.3 is 0 Å². The van der Waals surface area contributed by atoms with Gasteiger partial charge in [-0.2, -0.15) is 4.98 Å². The van der Waals surface area contributed by atoms with Crippen LogP contribution >= 0.6 is 0 Å². The van der Waals surface area contributed by atoms with Gasteiger partial charge in [-0.3, -0.25) is 0 Å². The van der Waals surface area contributed by atoms with Crippen LogP contribution in [0.25, 0.3) is 0 Å². The molecule has 0 saturated carbocycles. The maximum atomic E-state index is 6.13. The van der Waals surface area contributed by atoms with Crippen LogP contribution in [0.5, 0.6) is 5.88 Å². The number of hydrogen-bond donors (Lipinski definition) is 2. The Hall–Kier alpha value is -1.52. The summed E-state index contributed by atoms with van der Waals surface area (Å²) in [4.78, 5) is 8.95. The first-order valence-corrected chi connectivity index (χ1v) is 7.33. The number of aromatic nitrogens is 2. The minimum absolute atomic E-state index is 0.114. The zero-order valence-electron chi connectivity index (χ0n) is 13.6. The summed E-state index contributed by atoms with van der Waals surface area (Å²) in [6.07, 6.45) is 2.07. The number of nitrogens with two attached hydrogens (primary N) is 1. The molecular weight excluding hydrogens is 252 g/mol. The highest BCUT2D eigenvalue weighted by Crippen LogP contribution is 2.30. The minimum Gasteiger partial charge on any atom is -0.476 e. The minimum atomic E-state index is -0.114. The third kappa shape index (κ3) is 4.87. The van der Waals surface area contributed by atoms with Gasteiger partial charge in [-0.25, -0.2) is 4.98 Å². The SMILES string of the molecule is CCCCOc1nc(C(C)C)nc(NC(C)(C)C)c1N. The molecule has 1 rings (SSSR count). The summed E-state index contributed by atoms with van der Waals surface area (Å²) >= 11 is 0. The summed E-state index contributed by atoms with van der Waals surface area (Å²) < 4.78 is 5.71. The summed E-state index contributed by atoms with van der Waals surface area (Å²) in [6, 6.07) is 0. The number of nitrogen functional groups attached to an aromatic ring is 1. The number of hydrogen-bond acceptors (Lipinski definition) is 5. The van der Waals surface area contributed by atoms with Crippen molar-refractivity contribution in [2.45, 2.75) is 65.8 Å². The largest absolute Gasteiger partial charge is 0.476 e. The van der Waals surface area contributed by atoms with Gasteiger partial charge in [0.2, 0.25) is 5.88 Å². The van der Waals surface area contributed by atoms with E-state index in [1.54, 1.807) is 0 Å². The van der Waals surface area contributed by atoms with Gasteiger partial charge in [-0.15, -0.1) is 0 Å². The summed E-state index contributed by atoms with van der Waals surface area (Å²) in [7, 11) is 0. The molecule has 0 atom stereocenters. The average molecular weight is 280 g/mol. The van der Waals surface area contributed by atoms with Crippen molar-refractivity contribution in [3.05, 3.63) is 5.82 Å². The monoisotopic (exact) mass is 280 g/mol. The number of rotatable bonds is 6. The van der Waals surface area contributed by atoms with E-state index in [0.29, 0.717) is 24.0 Å². The molecule has 1 aromatic heterocycles. The van der Waals surface area contributed by atoms with Gasteiger partial charge in [-0.05, 0) is 27.2 Å². The molecule has 1 aromatic rings.